The van der Waals surface area contributed by atoms with Crippen molar-refractivity contribution in [2.24, 2.45) is 0 Å². The fourth-order valence-corrected chi connectivity index (χ4v) is 1.85. The number of hydrogen-bond donors (Lipinski definition) is 1. The van der Waals surface area contributed by atoms with Crippen LogP contribution < -0.4 is 0 Å². The minimum atomic E-state index is -0.343. The van der Waals surface area contributed by atoms with Crippen molar-refractivity contribution in [1.82, 2.24) is 0 Å². The van der Waals surface area contributed by atoms with Crippen LogP contribution in [0.3, 0.4) is 0 Å². The molecule has 0 fully saturated rings. The van der Waals surface area contributed by atoms with Gasteiger partial charge in [-0.1, -0.05) is 12.1 Å². The van der Waals surface area contributed by atoms with E-state index >= 15 is 0 Å². The van der Waals surface area contributed by atoms with E-state index in [0.717, 1.165) is 30.4 Å². The van der Waals surface area contributed by atoms with Crippen molar-refractivity contribution in [3.8, 4) is 0 Å². The summed E-state index contributed by atoms with van der Waals surface area (Å²) in [6.45, 7) is 0. The zero-order valence-electron chi connectivity index (χ0n) is 7.29. The summed E-state index contributed by atoms with van der Waals surface area (Å²) in [6.07, 6.45) is 4.30. The quantitative estimate of drug-likeness (QED) is 0.702. The summed E-state index contributed by atoms with van der Waals surface area (Å²) >= 11 is 0. The second kappa shape index (κ2) is 3.30. The Morgan fingerprint density at radius 3 is 3.08 bits per heavy atom. The fourth-order valence-electron chi connectivity index (χ4n) is 1.85. The van der Waals surface area contributed by atoms with Crippen LogP contribution in [-0.4, -0.2) is 11.4 Å². The highest BCUT2D eigenvalue weighted by Crippen LogP contribution is 2.29. The Hall–Kier alpha value is -1.15. The molecule has 2 rings (SSSR count). The molecule has 0 aliphatic heterocycles. The molecule has 1 N–H and O–H groups in total. The first kappa shape index (κ1) is 8.45. The van der Waals surface area contributed by atoms with Crippen molar-refractivity contribution in [2.75, 3.05) is 0 Å². The van der Waals surface area contributed by atoms with Crippen molar-refractivity contribution >= 4 is 6.29 Å². The van der Waals surface area contributed by atoms with Gasteiger partial charge < -0.3 is 5.11 Å². The molecule has 2 nitrogen and oxygen atoms in total. The maximum absolute atomic E-state index is 10.4. The molecule has 1 aromatic rings. The van der Waals surface area contributed by atoms with Gasteiger partial charge in [0.15, 0.2) is 0 Å². The summed E-state index contributed by atoms with van der Waals surface area (Å²) in [5.41, 5.74) is 2.65. The lowest BCUT2D eigenvalue weighted by Gasteiger charge is -2.21. The molecule has 0 spiro atoms. The van der Waals surface area contributed by atoms with E-state index in [1.165, 1.54) is 0 Å². The molecule has 1 aliphatic carbocycles. The van der Waals surface area contributed by atoms with E-state index in [1.54, 1.807) is 6.07 Å². The second-order valence-corrected chi connectivity index (χ2v) is 3.42. The van der Waals surface area contributed by atoms with Crippen LogP contribution in [-0.2, 0) is 11.2 Å². The van der Waals surface area contributed by atoms with E-state index < -0.39 is 0 Å². The highest BCUT2D eigenvalue weighted by atomic mass is 16.3. The number of aryl methyl sites for hydroxylation is 1. The van der Waals surface area contributed by atoms with Crippen LogP contribution in [0.5, 0.6) is 0 Å². The van der Waals surface area contributed by atoms with Crippen LogP contribution in [0.1, 0.15) is 35.6 Å². The van der Waals surface area contributed by atoms with Gasteiger partial charge >= 0.3 is 0 Å². The van der Waals surface area contributed by atoms with Crippen molar-refractivity contribution in [3.63, 3.8) is 0 Å². The van der Waals surface area contributed by atoms with E-state index in [1.807, 2.05) is 18.4 Å². The normalized spacial score (nSPS) is 20.8. The lowest BCUT2D eigenvalue weighted by molar-refractivity contribution is 0.156. The van der Waals surface area contributed by atoms with Gasteiger partial charge in [-0.05, 0) is 36.5 Å². The van der Waals surface area contributed by atoms with Crippen molar-refractivity contribution in [3.05, 3.63) is 34.9 Å². The molecule has 1 aliphatic rings. The minimum absolute atomic E-state index is 0.343. The van der Waals surface area contributed by atoms with Crippen molar-refractivity contribution < 1.29 is 9.90 Å². The number of fused-ring (bicyclic) bond motifs is 1. The van der Waals surface area contributed by atoms with Crippen LogP contribution in [0.25, 0.3) is 0 Å². The van der Waals surface area contributed by atoms with E-state index in [2.05, 4.69) is 0 Å². The fraction of sp³-hybridized carbons (Fsp3) is 0.364. The average molecular weight is 175 g/mol. The first-order valence-corrected chi connectivity index (χ1v) is 4.50. The summed E-state index contributed by atoms with van der Waals surface area (Å²) in [4.78, 5) is 10.4. The molecule has 1 atom stereocenters. The first-order chi connectivity index (χ1) is 6.31. The Morgan fingerprint density at radius 2 is 2.31 bits per heavy atom. The molecule has 0 saturated heterocycles. The van der Waals surface area contributed by atoms with E-state index in [4.69, 9.17) is 0 Å². The molecule has 0 saturated carbocycles. The maximum atomic E-state index is 10.4. The zero-order chi connectivity index (χ0) is 9.26. The number of aliphatic hydroxyl groups is 1. The summed E-state index contributed by atoms with van der Waals surface area (Å²) in [6, 6.07) is 5.37. The molecular weight excluding hydrogens is 164 g/mol. The molecule has 2 heteroatoms. The van der Waals surface area contributed by atoms with Crippen molar-refractivity contribution in [2.45, 2.75) is 25.4 Å². The average Bonchev–Trinajstić information content (AvgIpc) is 2.18. The van der Waals surface area contributed by atoms with Gasteiger partial charge in [0.05, 0.1) is 6.10 Å². The maximum Gasteiger partial charge on any atom is 0.233 e. The van der Waals surface area contributed by atoms with Gasteiger partial charge in [0.25, 0.3) is 0 Å². The summed E-state index contributed by atoms with van der Waals surface area (Å²) in [5.74, 6) is 0. The Morgan fingerprint density at radius 1 is 1.46 bits per heavy atom. The number of aliphatic hydroxyl groups excluding tert-OH is 1. The van der Waals surface area contributed by atoms with E-state index in [-0.39, 0.29) is 6.10 Å². The highest BCUT2D eigenvalue weighted by Gasteiger charge is 2.17. The molecule has 1 aromatic carbocycles. The molecule has 67 valence electrons. The van der Waals surface area contributed by atoms with Gasteiger partial charge in [-0.2, -0.15) is 0 Å². The number of rotatable bonds is 1. The molecule has 1 unspecified atom stereocenters. The monoisotopic (exact) mass is 175 g/mol. The lowest BCUT2D eigenvalue weighted by atomic mass is 9.88. The molecule has 13 heavy (non-hydrogen) atoms. The molecule has 0 amide bonds. The largest absolute Gasteiger partial charge is 0.388 e. The van der Waals surface area contributed by atoms with Gasteiger partial charge in [0, 0.05) is 5.56 Å². The standard InChI is InChI=1S/C11H11O2/c12-7-8-4-5-10-9(6-8)2-1-3-11(10)13/h4-6,11,13H,1-3H2. The lowest BCUT2D eigenvalue weighted by Crippen LogP contribution is -2.09. The van der Waals surface area contributed by atoms with Crippen LogP contribution >= 0.6 is 0 Å². The third-order valence-electron chi connectivity index (χ3n) is 2.54. The second-order valence-electron chi connectivity index (χ2n) is 3.42. The van der Waals surface area contributed by atoms with Gasteiger partial charge in [0.2, 0.25) is 6.29 Å². The molecular formula is C11H11O2. The molecule has 1 radical (unpaired) electrons. The Kier molecular flexibility index (Phi) is 2.15. The first-order valence-electron chi connectivity index (χ1n) is 4.50. The Bertz CT molecular complexity index is 331. The smallest absolute Gasteiger partial charge is 0.233 e. The van der Waals surface area contributed by atoms with Gasteiger partial charge in [0.1, 0.15) is 0 Å². The summed E-state index contributed by atoms with van der Waals surface area (Å²) < 4.78 is 0. The van der Waals surface area contributed by atoms with E-state index in [9.17, 15) is 9.90 Å². The minimum Gasteiger partial charge on any atom is -0.388 e. The van der Waals surface area contributed by atoms with Crippen molar-refractivity contribution in [1.29, 1.82) is 0 Å². The predicted octanol–water partition coefficient (Wildman–Crippen LogP) is 1.51. The van der Waals surface area contributed by atoms with Gasteiger partial charge in [-0.25, -0.2) is 0 Å². The Balaban J connectivity index is 2.45. The van der Waals surface area contributed by atoms with Crippen LogP contribution in [0.2, 0.25) is 0 Å². The summed E-state index contributed by atoms with van der Waals surface area (Å²) in [5, 5.41) is 9.63. The highest BCUT2D eigenvalue weighted by molar-refractivity contribution is 5.75. The summed E-state index contributed by atoms with van der Waals surface area (Å²) in [7, 11) is 0. The topological polar surface area (TPSA) is 37.3 Å². The van der Waals surface area contributed by atoms with Crippen LogP contribution in [0.4, 0.5) is 0 Å². The van der Waals surface area contributed by atoms with Gasteiger partial charge in [-0.3, -0.25) is 4.79 Å². The zero-order valence-corrected chi connectivity index (χ0v) is 7.29. The SMILES string of the molecule is O=[C]c1ccc2c(c1)CCCC2O. The number of benzene rings is 1. The van der Waals surface area contributed by atoms with Crippen LogP contribution in [0.15, 0.2) is 18.2 Å². The Labute approximate surface area is 77.2 Å². The number of hydrogen-bond acceptors (Lipinski definition) is 2. The molecule has 0 aromatic heterocycles. The predicted molar refractivity (Wildman–Crippen MR) is 49.1 cm³/mol. The number of carbonyl (C=O) groups excluding carboxylic acids is 1. The van der Waals surface area contributed by atoms with Gasteiger partial charge in [-0.15, -0.1) is 0 Å². The molecule has 0 bridgehead atoms. The third-order valence-corrected chi connectivity index (χ3v) is 2.54. The van der Waals surface area contributed by atoms with E-state index in [0.29, 0.717) is 5.56 Å². The third kappa shape index (κ3) is 1.49. The molecule has 0 heterocycles. The van der Waals surface area contributed by atoms with Crippen LogP contribution in [0, 0.1) is 0 Å².